The van der Waals surface area contributed by atoms with E-state index < -0.39 is 5.92 Å². The maximum absolute atomic E-state index is 13.4. The van der Waals surface area contributed by atoms with Crippen LogP contribution in [-0.2, 0) is 4.79 Å². The molecule has 2 aromatic carbocycles. The van der Waals surface area contributed by atoms with Crippen LogP contribution in [0.2, 0.25) is 5.02 Å². The van der Waals surface area contributed by atoms with E-state index in [1.54, 1.807) is 16.8 Å². The Bertz CT molecular complexity index is 1120. The van der Waals surface area contributed by atoms with E-state index in [-0.39, 0.29) is 18.1 Å². The van der Waals surface area contributed by atoms with Crippen LogP contribution < -0.4 is 5.32 Å². The van der Waals surface area contributed by atoms with Crippen LogP contribution in [0.4, 0.5) is 5.82 Å². The molecule has 6 heteroatoms. The summed E-state index contributed by atoms with van der Waals surface area (Å²) in [4.78, 5) is 25.8. The predicted molar refractivity (Wildman–Crippen MR) is 110 cm³/mol. The minimum absolute atomic E-state index is 0.0534. The van der Waals surface area contributed by atoms with Gasteiger partial charge in [-0.1, -0.05) is 41.4 Å². The second-order valence-electron chi connectivity index (χ2n) is 7.23. The molecule has 0 radical (unpaired) electrons. The van der Waals surface area contributed by atoms with Crippen molar-refractivity contribution in [2.24, 2.45) is 0 Å². The number of halogens is 1. The molecule has 0 saturated carbocycles. The van der Waals surface area contributed by atoms with Gasteiger partial charge in [-0.3, -0.25) is 9.59 Å². The van der Waals surface area contributed by atoms with Crippen molar-refractivity contribution < 1.29 is 9.59 Å². The lowest BCUT2D eigenvalue weighted by atomic mass is 9.84. The molecule has 1 aromatic heterocycles. The fourth-order valence-electron chi connectivity index (χ4n) is 3.84. The first-order valence-electron chi connectivity index (χ1n) is 9.12. The highest BCUT2D eigenvalue weighted by Crippen LogP contribution is 2.38. The van der Waals surface area contributed by atoms with E-state index in [4.69, 9.17) is 11.6 Å². The van der Waals surface area contributed by atoms with Crippen molar-refractivity contribution in [2.45, 2.75) is 33.1 Å². The summed E-state index contributed by atoms with van der Waals surface area (Å²) in [5.74, 6) is -0.265. The topological polar surface area (TPSA) is 64.0 Å². The molecule has 1 aliphatic heterocycles. The third-order valence-electron chi connectivity index (χ3n) is 5.12. The van der Waals surface area contributed by atoms with Crippen molar-refractivity contribution in [3.8, 4) is 5.69 Å². The van der Waals surface area contributed by atoms with Crippen molar-refractivity contribution in [1.82, 2.24) is 9.78 Å². The van der Waals surface area contributed by atoms with Gasteiger partial charge in [0.25, 0.3) is 0 Å². The van der Waals surface area contributed by atoms with E-state index in [0.29, 0.717) is 16.4 Å². The molecule has 0 unspecified atom stereocenters. The highest BCUT2D eigenvalue weighted by Gasteiger charge is 2.36. The third kappa shape index (κ3) is 3.12. The summed E-state index contributed by atoms with van der Waals surface area (Å²) in [7, 11) is 0. The van der Waals surface area contributed by atoms with Crippen molar-refractivity contribution in [3.05, 3.63) is 75.4 Å². The van der Waals surface area contributed by atoms with Gasteiger partial charge < -0.3 is 5.32 Å². The van der Waals surface area contributed by atoms with Gasteiger partial charge in [-0.25, -0.2) is 4.68 Å². The highest BCUT2D eigenvalue weighted by molar-refractivity contribution is 6.30. The summed E-state index contributed by atoms with van der Waals surface area (Å²) < 4.78 is 1.65. The Morgan fingerprint density at radius 1 is 1.18 bits per heavy atom. The maximum atomic E-state index is 13.4. The standard InChI is InChI=1S/C22H20ClN3O2/c1-12-7-8-17(13(2)9-12)21(28)18-11-19(27)24-22-20(18)14(3)25-26(22)16-6-4-5-15(23)10-16/h4-10,18H,11H2,1-3H3,(H,24,27)/t18-/m0/s1. The second-order valence-corrected chi connectivity index (χ2v) is 7.66. The molecule has 0 bridgehead atoms. The average molecular weight is 394 g/mol. The number of rotatable bonds is 3. The first kappa shape index (κ1) is 18.4. The molecule has 1 atom stereocenters. The third-order valence-corrected chi connectivity index (χ3v) is 5.35. The number of nitrogens with zero attached hydrogens (tertiary/aromatic N) is 2. The number of hydrogen-bond donors (Lipinski definition) is 1. The molecule has 1 N–H and O–H groups in total. The van der Waals surface area contributed by atoms with Crippen LogP contribution in [0, 0.1) is 20.8 Å². The molecule has 1 aliphatic rings. The molecule has 4 rings (SSSR count). The Hall–Kier alpha value is -2.92. The normalized spacial score (nSPS) is 15.9. The number of hydrogen-bond acceptors (Lipinski definition) is 3. The van der Waals surface area contributed by atoms with Gasteiger partial charge in [0, 0.05) is 22.6 Å². The van der Waals surface area contributed by atoms with Crippen LogP contribution in [-0.4, -0.2) is 21.5 Å². The van der Waals surface area contributed by atoms with Crippen LogP contribution in [0.1, 0.15) is 45.1 Å². The van der Waals surface area contributed by atoms with E-state index in [0.717, 1.165) is 28.1 Å². The summed E-state index contributed by atoms with van der Waals surface area (Å²) in [5.41, 5.74) is 4.88. The predicted octanol–water partition coefficient (Wildman–Crippen LogP) is 4.76. The molecule has 3 aromatic rings. The summed E-state index contributed by atoms with van der Waals surface area (Å²) >= 11 is 6.12. The Kier molecular flexibility index (Phi) is 4.55. The minimum Gasteiger partial charge on any atom is -0.310 e. The van der Waals surface area contributed by atoms with Crippen molar-refractivity contribution in [1.29, 1.82) is 0 Å². The fraction of sp³-hybridized carbons (Fsp3) is 0.227. The largest absolute Gasteiger partial charge is 0.310 e. The Morgan fingerprint density at radius 2 is 1.96 bits per heavy atom. The Labute approximate surface area is 168 Å². The van der Waals surface area contributed by atoms with Crippen molar-refractivity contribution in [3.63, 3.8) is 0 Å². The summed E-state index contributed by atoms with van der Waals surface area (Å²) in [5, 5.41) is 8.06. The minimum atomic E-state index is -0.557. The number of benzene rings is 2. The van der Waals surface area contributed by atoms with E-state index in [1.807, 2.05) is 51.1 Å². The lowest BCUT2D eigenvalue weighted by Gasteiger charge is -2.23. The molecule has 0 aliphatic carbocycles. The number of ketones is 1. The monoisotopic (exact) mass is 393 g/mol. The zero-order valence-electron chi connectivity index (χ0n) is 15.9. The van der Waals surface area contributed by atoms with E-state index >= 15 is 0 Å². The van der Waals surface area contributed by atoms with Gasteiger partial charge in [-0.2, -0.15) is 5.10 Å². The quantitative estimate of drug-likeness (QED) is 0.652. The molecular formula is C22H20ClN3O2. The number of aryl methyl sites for hydroxylation is 3. The number of nitrogens with one attached hydrogen (secondary N) is 1. The number of fused-ring (bicyclic) bond motifs is 1. The van der Waals surface area contributed by atoms with E-state index in [1.165, 1.54) is 0 Å². The van der Waals surface area contributed by atoms with Gasteiger partial charge in [0.1, 0.15) is 5.82 Å². The molecule has 5 nitrogen and oxygen atoms in total. The zero-order chi connectivity index (χ0) is 20.0. The van der Waals surface area contributed by atoms with Gasteiger partial charge in [-0.05, 0) is 44.5 Å². The fourth-order valence-corrected chi connectivity index (χ4v) is 4.03. The van der Waals surface area contributed by atoms with Crippen LogP contribution in [0.25, 0.3) is 5.69 Å². The molecule has 2 heterocycles. The molecule has 1 amide bonds. The zero-order valence-corrected chi connectivity index (χ0v) is 16.7. The first-order valence-corrected chi connectivity index (χ1v) is 9.49. The van der Waals surface area contributed by atoms with Crippen molar-refractivity contribution >= 4 is 29.1 Å². The van der Waals surface area contributed by atoms with Gasteiger partial charge >= 0.3 is 0 Å². The Balaban J connectivity index is 1.83. The number of amides is 1. The second kappa shape index (κ2) is 6.91. The number of carbonyl (C=O) groups is 2. The van der Waals surface area contributed by atoms with Crippen LogP contribution >= 0.6 is 11.6 Å². The number of anilines is 1. The van der Waals surface area contributed by atoms with Crippen LogP contribution in [0.15, 0.2) is 42.5 Å². The van der Waals surface area contributed by atoms with Crippen molar-refractivity contribution in [2.75, 3.05) is 5.32 Å². The van der Waals surface area contributed by atoms with Gasteiger partial charge in [-0.15, -0.1) is 0 Å². The van der Waals surface area contributed by atoms with E-state index in [2.05, 4.69) is 10.4 Å². The number of carbonyl (C=O) groups excluding carboxylic acids is 2. The number of Topliss-reactive ketones (excluding diaryl/α,β-unsaturated/α-hetero) is 1. The summed E-state index contributed by atoms with van der Waals surface area (Å²) in [6.45, 7) is 5.78. The lowest BCUT2D eigenvalue weighted by molar-refractivity contribution is -0.116. The Morgan fingerprint density at radius 3 is 2.68 bits per heavy atom. The van der Waals surface area contributed by atoms with Gasteiger partial charge in [0.05, 0.1) is 17.3 Å². The molecule has 142 valence electrons. The SMILES string of the molecule is Cc1ccc(C(=O)[C@H]2CC(=O)Nc3c2c(C)nn3-c2cccc(Cl)c2)c(C)c1. The molecular weight excluding hydrogens is 374 g/mol. The van der Waals surface area contributed by atoms with Gasteiger partial charge in [0.2, 0.25) is 5.91 Å². The lowest BCUT2D eigenvalue weighted by Crippen LogP contribution is -2.28. The molecule has 0 spiro atoms. The van der Waals surface area contributed by atoms with E-state index in [9.17, 15) is 9.59 Å². The summed E-state index contributed by atoms with van der Waals surface area (Å²) in [6.07, 6.45) is 0.112. The highest BCUT2D eigenvalue weighted by atomic mass is 35.5. The number of aromatic nitrogens is 2. The van der Waals surface area contributed by atoms with Crippen LogP contribution in [0.5, 0.6) is 0 Å². The van der Waals surface area contributed by atoms with Crippen LogP contribution in [0.3, 0.4) is 0 Å². The molecule has 28 heavy (non-hydrogen) atoms. The molecule has 0 fully saturated rings. The first-order chi connectivity index (χ1) is 13.3. The smallest absolute Gasteiger partial charge is 0.226 e. The average Bonchev–Trinajstić information content (AvgIpc) is 2.97. The maximum Gasteiger partial charge on any atom is 0.226 e. The van der Waals surface area contributed by atoms with Gasteiger partial charge in [0.15, 0.2) is 5.78 Å². The summed E-state index contributed by atoms with van der Waals surface area (Å²) in [6, 6.07) is 13.0. The molecule has 0 saturated heterocycles.